The van der Waals surface area contributed by atoms with Gasteiger partial charge in [0.05, 0.1) is 0 Å². The van der Waals surface area contributed by atoms with Crippen molar-refractivity contribution in [2.45, 2.75) is 57.9 Å². The van der Waals surface area contributed by atoms with Gasteiger partial charge < -0.3 is 10.2 Å². The molecule has 1 aliphatic heterocycles. The third kappa shape index (κ3) is 3.74. The predicted octanol–water partition coefficient (Wildman–Crippen LogP) is 2.64. The highest BCUT2D eigenvalue weighted by atomic mass is 15.1. The van der Waals surface area contributed by atoms with Crippen LogP contribution in [0.5, 0.6) is 0 Å². The van der Waals surface area contributed by atoms with Crippen molar-refractivity contribution in [3.8, 4) is 0 Å². The topological polar surface area (TPSA) is 15.3 Å². The van der Waals surface area contributed by atoms with Crippen LogP contribution in [-0.2, 0) is 0 Å². The molecule has 0 spiro atoms. The molecule has 2 rings (SSSR count). The van der Waals surface area contributed by atoms with Gasteiger partial charge >= 0.3 is 0 Å². The summed E-state index contributed by atoms with van der Waals surface area (Å²) in [7, 11) is 0. The zero-order valence-electron chi connectivity index (χ0n) is 10.9. The first-order valence-electron chi connectivity index (χ1n) is 7.34. The van der Waals surface area contributed by atoms with Crippen LogP contribution in [0.15, 0.2) is 0 Å². The van der Waals surface area contributed by atoms with Crippen LogP contribution >= 0.6 is 0 Å². The number of hydrogen-bond acceptors (Lipinski definition) is 2. The van der Waals surface area contributed by atoms with Crippen LogP contribution in [0.3, 0.4) is 0 Å². The molecule has 1 unspecified atom stereocenters. The second kappa shape index (κ2) is 6.61. The highest BCUT2D eigenvalue weighted by Crippen LogP contribution is 2.27. The fourth-order valence-corrected chi connectivity index (χ4v) is 2.98. The maximum absolute atomic E-state index is 3.59. The molecule has 1 saturated heterocycles. The van der Waals surface area contributed by atoms with E-state index in [1.807, 2.05) is 0 Å². The highest BCUT2D eigenvalue weighted by molar-refractivity contribution is 4.76. The normalized spacial score (nSPS) is 26.2. The predicted molar refractivity (Wildman–Crippen MR) is 69.7 cm³/mol. The van der Waals surface area contributed by atoms with E-state index in [2.05, 4.69) is 17.1 Å². The van der Waals surface area contributed by atoms with Gasteiger partial charge in [-0.15, -0.1) is 0 Å². The first-order chi connectivity index (χ1) is 7.88. The lowest BCUT2D eigenvalue weighted by Gasteiger charge is -2.31. The molecule has 1 heterocycles. The van der Waals surface area contributed by atoms with Gasteiger partial charge in [0, 0.05) is 12.6 Å². The largest absolute Gasteiger partial charge is 0.314 e. The van der Waals surface area contributed by atoms with Crippen LogP contribution in [0, 0.1) is 5.92 Å². The number of hydrogen-bond donors (Lipinski definition) is 1. The van der Waals surface area contributed by atoms with Gasteiger partial charge in [-0.25, -0.2) is 0 Å². The number of rotatable bonds is 7. The molecule has 0 aromatic rings. The standard InChI is InChI=1S/C14H28N2/c1-2-16(12-13-6-3-7-13)11-5-9-14-8-4-10-15-14/h13-15H,2-12H2,1H3. The molecule has 1 saturated carbocycles. The van der Waals surface area contributed by atoms with E-state index in [-0.39, 0.29) is 0 Å². The van der Waals surface area contributed by atoms with Crippen molar-refractivity contribution >= 4 is 0 Å². The Hall–Kier alpha value is -0.0800. The second-order valence-electron chi connectivity index (χ2n) is 5.63. The summed E-state index contributed by atoms with van der Waals surface area (Å²) in [5.74, 6) is 1.03. The van der Waals surface area contributed by atoms with E-state index in [0.29, 0.717) is 0 Å². The molecule has 0 aromatic carbocycles. The van der Waals surface area contributed by atoms with E-state index < -0.39 is 0 Å². The maximum Gasteiger partial charge on any atom is 0.00680 e. The molecular weight excluding hydrogens is 196 g/mol. The fraction of sp³-hybridized carbons (Fsp3) is 1.00. The number of nitrogens with zero attached hydrogens (tertiary/aromatic N) is 1. The summed E-state index contributed by atoms with van der Waals surface area (Å²) in [6, 6.07) is 0.836. The molecule has 2 fully saturated rings. The van der Waals surface area contributed by atoms with Crippen LogP contribution in [-0.4, -0.2) is 37.1 Å². The van der Waals surface area contributed by atoms with Crippen molar-refractivity contribution in [1.29, 1.82) is 0 Å². The second-order valence-corrected chi connectivity index (χ2v) is 5.63. The minimum absolute atomic E-state index is 0.836. The third-order valence-corrected chi connectivity index (χ3v) is 4.38. The van der Waals surface area contributed by atoms with Crippen molar-refractivity contribution < 1.29 is 0 Å². The summed E-state index contributed by atoms with van der Waals surface area (Å²) in [5.41, 5.74) is 0. The molecule has 2 aliphatic rings. The molecule has 2 nitrogen and oxygen atoms in total. The SMILES string of the molecule is CCN(CCCC1CCCN1)CC1CCC1. The molecule has 94 valence electrons. The zero-order chi connectivity index (χ0) is 11.2. The summed E-state index contributed by atoms with van der Waals surface area (Å²) in [6.07, 6.45) is 10.0. The smallest absolute Gasteiger partial charge is 0.00680 e. The Morgan fingerprint density at radius 3 is 2.62 bits per heavy atom. The summed E-state index contributed by atoms with van der Waals surface area (Å²) in [4.78, 5) is 2.67. The molecule has 1 aliphatic carbocycles. The molecule has 16 heavy (non-hydrogen) atoms. The average Bonchev–Trinajstić information content (AvgIpc) is 2.73. The third-order valence-electron chi connectivity index (χ3n) is 4.38. The van der Waals surface area contributed by atoms with Gasteiger partial charge in [0.1, 0.15) is 0 Å². The summed E-state index contributed by atoms with van der Waals surface area (Å²) >= 11 is 0. The number of nitrogens with one attached hydrogen (secondary N) is 1. The fourth-order valence-electron chi connectivity index (χ4n) is 2.98. The van der Waals surface area contributed by atoms with E-state index in [9.17, 15) is 0 Å². The van der Waals surface area contributed by atoms with Crippen LogP contribution in [0.2, 0.25) is 0 Å². The minimum Gasteiger partial charge on any atom is -0.314 e. The van der Waals surface area contributed by atoms with Gasteiger partial charge in [-0.1, -0.05) is 13.3 Å². The van der Waals surface area contributed by atoms with Gasteiger partial charge in [0.15, 0.2) is 0 Å². The average molecular weight is 224 g/mol. The van der Waals surface area contributed by atoms with Crippen LogP contribution in [0.4, 0.5) is 0 Å². The molecular formula is C14H28N2. The highest BCUT2D eigenvalue weighted by Gasteiger charge is 2.20. The van der Waals surface area contributed by atoms with Crippen molar-refractivity contribution in [2.75, 3.05) is 26.2 Å². The molecule has 0 radical (unpaired) electrons. The quantitative estimate of drug-likeness (QED) is 0.715. The van der Waals surface area contributed by atoms with Gasteiger partial charge in [-0.3, -0.25) is 0 Å². The molecule has 1 N–H and O–H groups in total. The lowest BCUT2D eigenvalue weighted by molar-refractivity contribution is 0.180. The Bertz CT molecular complexity index is 183. The molecule has 0 amide bonds. The molecule has 2 heteroatoms. The molecule has 0 aromatic heterocycles. The van der Waals surface area contributed by atoms with E-state index in [4.69, 9.17) is 0 Å². The van der Waals surface area contributed by atoms with Crippen molar-refractivity contribution in [3.05, 3.63) is 0 Å². The van der Waals surface area contributed by atoms with Gasteiger partial charge in [-0.2, -0.15) is 0 Å². The first kappa shape index (κ1) is 12.4. The summed E-state index contributed by atoms with van der Waals surface area (Å²) in [5, 5.41) is 3.59. The Morgan fingerprint density at radius 1 is 1.19 bits per heavy atom. The van der Waals surface area contributed by atoms with Crippen molar-refractivity contribution in [1.82, 2.24) is 10.2 Å². The monoisotopic (exact) mass is 224 g/mol. The van der Waals surface area contributed by atoms with Crippen molar-refractivity contribution in [2.24, 2.45) is 5.92 Å². The van der Waals surface area contributed by atoms with E-state index in [0.717, 1.165) is 12.0 Å². The van der Waals surface area contributed by atoms with E-state index in [1.54, 1.807) is 0 Å². The molecule has 0 bridgehead atoms. The molecule has 1 atom stereocenters. The lowest BCUT2D eigenvalue weighted by Crippen LogP contribution is -2.34. The summed E-state index contributed by atoms with van der Waals surface area (Å²) in [6.45, 7) is 7.51. The van der Waals surface area contributed by atoms with E-state index >= 15 is 0 Å². The van der Waals surface area contributed by atoms with Crippen LogP contribution in [0.25, 0.3) is 0 Å². The summed E-state index contributed by atoms with van der Waals surface area (Å²) < 4.78 is 0. The Balaban J connectivity index is 1.54. The first-order valence-corrected chi connectivity index (χ1v) is 7.34. The van der Waals surface area contributed by atoms with Gasteiger partial charge in [0.25, 0.3) is 0 Å². The maximum atomic E-state index is 3.59. The lowest BCUT2D eigenvalue weighted by atomic mass is 9.85. The van der Waals surface area contributed by atoms with Crippen LogP contribution in [0.1, 0.15) is 51.9 Å². The Labute approximate surface area is 101 Å². The van der Waals surface area contributed by atoms with Crippen molar-refractivity contribution in [3.63, 3.8) is 0 Å². The van der Waals surface area contributed by atoms with E-state index in [1.165, 1.54) is 71.1 Å². The Morgan fingerprint density at radius 2 is 2.06 bits per heavy atom. The van der Waals surface area contributed by atoms with Gasteiger partial charge in [-0.05, 0) is 64.1 Å². The Kier molecular flexibility index (Phi) is 5.11. The minimum atomic E-state index is 0.836. The van der Waals surface area contributed by atoms with Crippen LogP contribution < -0.4 is 5.32 Å². The van der Waals surface area contributed by atoms with Gasteiger partial charge in [0.2, 0.25) is 0 Å². The zero-order valence-corrected chi connectivity index (χ0v) is 10.9.